The standard InChI is InChI=1S/C14H22O2Si/c1-11(15)16-12-7-9-13(10-8-12)17(5,6)14(2,3)4/h7-10H,1-6H3. The average Bonchev–Trinajstić information content (AvgIpc) is 2.15. The van der Waals surface area contributed by atoms with Gasteiger partial charge in [0.15, 0.2) is 0 Å². The summed E-state index contributed by atoms with van der Waals surface area (Å²) in [5, 5.41) is 1.71. The fourth-order valence-corrected chi connectivity index (χ4v) is 3.40. The molecular formula is C14H22O2Si. The van der Waals surface area contributed by atoms with Crippen molar-refractivity contribution in [3.05, 3.63) is 24.3 Å². The van der Waals surface area contributed by atoms with Crippen molar-refractivity contribution >= 4 is 19.2 Å². The maximum absolute atomic E-state index is 10.8. The lowest BCUT2D eigenvalue weighted by Crippen LogP contribution is -2.49. The van der Waals surface area contributed by atoms with Crippen molar-refractivity contribution in [2.45, 2.75) is 45.8 Å². The molecule has 17 heavy (non-hydrogen) atoms. The highest BCUT2D eigenvalue weighted by Gasteiger charge is 2.36. The van der Waals surface area contributed by atoms with Gasteiger partial charge in [0.05, 0.1) is 8.07 Å². The molecule has 3 heteroatoms. The van der Waals surface area contributed by atoms with Gasteiger partial charge in [-0.3, -0.25) is 4.79 Å². The minimum atomic E-state index is -1.48. The van der Waals surface area contributed by atoms with Crippen molar-refractivity contribution < 1.29 is 9.53 Å². The molecule has 1 rings (SSSR count). The van der Waals surface area contributed by atoms with Gasteiger partial charge in [0, 0.05) is 6.92 Å². The molecule has 0 spiro atoms. The number of carbonyl (C=O) groups excluding carboxylic acids is 1. The van der Waals surface area contributed by atoms with E-state index in [9.17, 15) is 4.79 Å². The third-order valence-corrected chi connectivity index (χ3v) is 9.24. The van der Waals surface area contributed by atoms with Crippen LogP contribution in [0.25, 0.3) is 0 Å². The van der Waals surface area contributed by atoms with E-state index in [0.29, 0.717) is 10.8 Å². The molecule has 0 aromatic heterocycles. The van der Waals surface area contributed by atoms with Crippen LogP contribution in [0.5, 0.6) is 5.75 Å². The van der Waals surface area contributed by atoms with Gasteiger partial charge in [-0.25, -0.2) is 0 Å². The number of esters is 1. The Hall–Kier alpha value is -1.09. The van der Waals surface area contributed by atoms with E-state index >= 15 is 0 Å². The minimum absolute atomic E-state index is 0.273. The predicted octanol–water partition coefficient (Wildman–Crippen LogP) is 3.33. The van der Waals surface area contributed by atoms with E-state index in [1.54, 1.807) is 0 Å². The number of hydrogen-bond donors (Lipinski definition) is 0. The summed E-state index contributed by atoms with van der Waals surface area (Å²) in [6.45, 7) is 13.0. The molecule has 1 aromatic rings. The van der Waals surface area contributed by atoms with Crippen LogP contribution in [0.2, 0.25) is 18.1 Å². The molecule has 1 aromatic carbocycles. The molecular weight excluding hydrogens is 228 g/mol. The monoisotopic (exact) mass is 250 g/mol. The molecule has 0 saturated heterocycles. The van der Waals surface area contributed by atoms with Crippen LogP contribution < -0.4 is 9.92 Å². The van der Waals surface area contributed by atoms with Crippen LogP contribution in [0, 0.1) is 0 Å². The van der Waals surface area contributed by atoms with Gasteiger partial charge in [0.1, 0.15) is 5.75 Å². The molecule has 2 nitrogen and oxygen atoms in total. The van der Waals surface area contributed by atoms with Gasteiger partial charge in [-0.15, -0.1) is 0 Å². The second kappa shape index (κ2) is 4.65. The van der Waals surface area contributed by atoms with Crippen molar-refractivity contribution in [1.29, 1.82) is 0 Å². The van der Waals surface area contributed by atoms with Crippen molar-refractivity contribution in [2.75, 3.05) is 0 Å². The topological polar surface area (TPSA) is 26.3 Å². The number of rotatable bonds is 2. The Morgan fingerprint density at radius 2 is 1.59 bits per heavy atom. The van der Waals surface area contributed by atoms with Crippen LogP contribution in [-0.2, 0) is 4.79 Å². The lowest BCUT2D eigenvalue weighted by molar-refractivity contribution is -0.131. The summed E-state index contributed by atoms with van der Waals surface area (Å²) < 4.78 is 5.04. The number of carbonyl (C=O) groups is 1. The van der Waals surface area contributed by atoms with Crippen LogP contribution in [0.3, 0.4) is 0 Å². The Balaban J connectivity index is 2.99. The highest BCUT2D eigenvalue weighted by atomic mass is 28.3. The fourth-order valence-electron chi connectivity index (χ4n) is 1.54. The largest absolute Gasteiger partial charge is 0.427 e. The number of ether oxygens (including phenoxy) is 1. The molecule has 0 aliphatic carbocycles. The van der Waals surface area contributed by atoms with Crippen molar-refractivity contribution in [3.63, 3.8) is 0 Å². The van der Waals surface area contributed by atoms with Crippen LogP contribution >= 0.6 is 0 Å². The smallest absolute Gasteiger partial charge is 0.308 e. The van der Waals surface area contributed by atoms with Gasteiger partial charge in [-0.1, -0.05) is 51.2 Å². The molecule has 94 valence electrons. The van der Waals surface area contributed by atoms with Crippen LogP contribution in [-0.4, -0.2) is 14.0 Å². The summed E-state index contributed by atoms with van der Waals surface area (Å²) in [7, 11) is -1.48. The van der Waals surface area contributed by atoms with E-state index in [4.69, 9.17) is 4.74 Å². The maximum atomic E-state index is 10.8. The molecule has 0 aliphatic heterocycles. The quantitative estimate of drug-likeness (QED) is 0.457. The second-order valence-electron chi connectivity index (χ2n) is 5.99. The van der Waals surface area contributed by atoms with E-state index < -0.39 is 8.07 Å². The molecule has 0 saturated carbocycles. The highest BCUT2D eigenvalue weighted by molar-refractivity contribution is 6.92. The van der Waals surface area contributed by atoms with Crippen molar-refractivity contribution in [3.8, 4) is 5.75 Å². The van der Waals surface area contributed by atoms with Gasteiger partial charge in [-0.05, 0) is 17.2 Å². The van der Waals surface area contributed by atoms with E-state index in [1.165, 1.54) is 12.1 Å². The first-order valence-electron chi connectivity index (χ1n) is 5.93. The Kier molecular flexibility index (Phi) is 3.82. The molecule has 0 amide bonds. The van der Waals surface area contributed by atoms with Crippen LogP contribution in [0.1, 0.15) is 27.7 Å². The highest BCUT2D eigenvalue weighted by Crippen LogP contribution is 2.35. The summed E-state index contributed by atoms with van der Waals surface area (Å²) in [5.41, 5.74) is 0. The molecule has 0 bridgehead atoms. The van der Waals surface area contributed by atoms with E-state index in [1.807, 2.05) is 12.1 Å². The summed E-state index contributed by atoms with van der Waals surface area (Å²) >= 11 is 0. The Bertz CT molecular complexity index is 399. The summed E-state index contributed by atoms with van der Waals surface area (Å²) in [4.78, 5) is 10.8. The van der Waals surface area contributed by atoms with E-state index in [-0.39, 0.29) is 5.97 Å². The molecule has 0 fully saturated rings. The average molecular weight is 250 g/mol. The molecule has 0 atom stereocenters. The molecule has 0 aliphatic rings. The Labute approximate surface area is 105 Å². The van der Waals surface area contributed by atoms with Gasteiger partial charge in [-0.2, -0.15) is 0 Å². The Morgan fingerprint density at radius 3 is 1.94 bits per heavy atom. The third-order valence-electron chi connectivity index (χ3n) is 3.71. The lowest BCUT2D eigenvalue weighted by atomic mass is 10.2. The summed E-state index contributed by atoms with van der Waals surface area (Å²) in [6.07, 6.45) is 0. The number of hydrogen-bond acceptors (Lipinski definition) is 2. The maximum Gasteiger partial charge on any atom is 0.308 e. The van der Waals surface area contributed by atoms with Crippen LogP contribution in [0.15, 0.2) is 24.3 Å². The zero-order chi connectivity index (χ0) is 13.3. The Morgan fingerprint density at radius 1 is 1.12 bits per heavy atom. The first kappa shape index (κ1) is 14.0. The first-order chi connectivity index (χ1) is 7.64. The zero-order valence-electron chi connectivity index (χ0n) is 11.6. The number of benzene rings is 1. The van der Waals surface area contributed by atoms with E-state index in [0.717, 1.165) is 0 Å². The summed E-state index contributed by atoms with van der Waals surface area (Å²) in [6, 6.07) is 7.96. The molecule has 0 N–H and O–H groups in total. The van der Waals surface area contributed by atoms with Gasteiger partial charge in [0.25, 0.3) is 0 Å². The second-order valence-corrected chi connectivity index (χ2v) is 11.3. The minimum Gasteiger partial charge on any atom is -0.427 e. The molecule has 0 radical (unpaired) electrons. The molecule has 0 heterocycles. The fraction of sp³-hybridized carbons (Fsp3) is 0.500. The van der Waals surface area contributed by atoms with Gasteiger partial charge < -0.3 is 4.74 Å². The normalized spacial score (nSPS) is 12.4. The van der Waals surface area contributed by atoms with Gasteiger partial charge >= 0.3 is 5.97 Å². The lowest BCUT2D eigenvalue weighted by Gasteiger charge is -2.37. The zero-order valence-corrected chi connectivity index (χ0v) is 12.6. The van der Waals surface area contributed by atoms with E-state index in [2.05, 4.69) is 46.0 Å². The van der Waals surface area contributed by atoms with Crippen LogP contribution in [0.4, 0.5) is 0 Å². The van der Waals surface area contributed by atoms with Crippen molar-refractivity contribution in [1.82, 2.24) is 0 Å². The summed E-state index contributed by atoms with van der Waals surface area (Å²) in [5.74, 6) is 0.352. The van der Waals surface area contributed by atoms with Crippen molar-refractivity contribution in [2.24, 2.45) is 0 Å². The first-order valence-corrected chi connectivity index (χ1v) is 8.93. The predicted molar refractivity (Wildman–Crippen MR) is 74.6 cm³/mol. The third kappa shape index (κ3) is 3.19. The molecule has 0 unspecified atom stereocenters. The SMILES string of the molecule is CC(=O)Oc1ccc([Si](C)(C)C(C)(C)C)cc1. The van der Waals surface area contributed by atoms with Gasteiger partial charge in [0.2, 0.25) is 0 Å².